The van der Waals surface area contributed by atoms with E-state index in [9.17, 15) is 4.39 Å². The predicted molar refractivity (Wildman–Crippen MR) is 72.1 cm³/mol. The van der Waals surface area contributed by atoms with Crippen LogP contribution in [0, 0.1) is 12.7 Å². The van der Waals surface area contributed by atoms with Gasteiger partial charge in [-0.25, -0.2) is 9.37 Å². The number of halogens is 1. The first-order valence-corrected chi connectivity index (χ1v) is 6.98. The van der Waals surface area contributed by atoms with Crippen molar-refractivity contribution in [3.63, 3.8) is 0 Å². The Hall–Kier alpha value is -1.26. The van der Waals surface area contributed by atoms with Crippen molar-refractivity contribution in [2.24, 2.45) is 0 Å². The van der Waals surface area contributed by atoms with Crippen molar-refractivity contribution in [3.05, 3.63) is 40.7 Å². The molecule has 1 aromatic heterocycles. The minimum atomic E-state index is -0.196. The zero-order chi connectivity index (χ0) is 12.5. The summed E-state index contributed by atoms with van der Waals surface area (Å²) < 4.78 is 13.3. The van der Waals surface area contributed by atoms with Gasteiger partial charge in [-0.3, -0.25) is 0 Å². The molecule has 94 valence electrons. The molecule has 1 saturated carbocycles. The van der Waals surface area contributed by atoms with Crippen LogP contribution in [0.1, 0.15) is 23.3 Å². The van der Waals surface area contributed by atoms with Crippen molar-refractivity contribution in [3.8, 4) is 10.6 Å². The summed E-state index contributed by atoms with van der Waals surface area (Å²) in [6.07, 6.45) is 4.46. The van der Waals surface area contributed by atoms with Crippen molar-refractivity contribution in [1.82, 2.24) is 10.3 Å². The molecule has 1 aliphatic rings. The standard InChI is InChI=1S/C14H15FN2S/c1-9-4-10(6-11(15)5-9)14-17-8-13(18-14)7-16-12-2-3-12/h4-6,8,12,16H,2-3,7H2,1H3. The van der Waals surface area contributed by atoms with Crippen LogP contribution >= 0.6 is 11.3 Å². The summed E-state index contributed by atoms with van der Waals surface area (Å²) in [4.78, 5) is 5.59. The highest BCUT2D eigenvalue weighted by Gasteiger charge is 2.20. The Labute approximate surface area is 110 Å². The summed E-state index contributed by atoms with van der Waals surface area (Å²) in [7, 11) is 0. The van der Waals surface area contributed by atoms with E-state index in [-0.39, 0.29) is 5.82 Å². The molecule has 1 N–H and O–H groups in total. The van der Waals surface area contributed by atoms with E-state index in [1.165, 1.54) is 23.8 Å². The third-order valence-electron chi connectivity index (χ3n) is 2.98. The number of aromatic nitrogens is 1. The van der Waals surface area contributed by atoms with Crippen LogP contribution < -0.4 is 5.32 Å². The van der Waals surface area contributed by atoms with Crippen LogP contribution in [0.25, 0.3) is 10.6 Å². The van der Waals surface area contributed by atoms with Crippen LogP contribution in [0.2, 0.25) is 0 Å². The summed E-state index contributed by atoms with van der Waals surface area (Å²) in [5, 5.41) is 4.35. The molecule has 0 spiro atoms. The second kappa shape index (κ2) is 4.78. The first-order chi connectivity index (χ1) is 8.70. The van der Waals surface area contributed by atoms with Crippen LogP contribution in [-0.4, -0.2) is 11.0 Å². The SMILES string of the molecule is Cc1cc(F)cc(-c2ncc(CNC3CC3)s2)c1. The van der Waals surface area contributed by atoms with Gasteiger partial charge in [0.05, 0.1) is 0 Å². The van der Waals surface area contributed by atoms with Crippen LogP contribution in [0.4, 0.5) is 4.39 Å². The molecule has 18 heavy (non-hydrogen) atoms. The Morgan fingerprint density at radius 3 is 2.94 bits per heavy atom. The quantitative estimate of drug-likeness (QED) is 0.912. The molecule has 0 saturated heterocycles. The molecule has 0 radical (unpaired) electrons. The molecule has 0 amide bonds. The second-order valence-corrected chi connectivity index (χ2v) is 5.92. The number of thiazole rings is 1. The average molecular weight is 262 g/mol. The predicted octanol–water partition coefficient (Wildman–Crippen LogP) is 3.51. The summed E-state index contributed by atoms with van der Waals surface area (Å²) >= 11 is 1.63. The Morgan fingerprint density at radius 1 is 1.39 bits per heavy atom. The topological polar surface area (TPSA) is 24.9 Å². The zero-order valence-electron chi connectivity index (χ0n) is 10.2. The molecule has 4 heteroatoms. The number of aryl methyl sites for hydroxylation is 1. The smallest absolute Gasteiger partial charge is 0.124 e. The van der Waals surface area contributed by atoms with Gasteiger partial charge in [0.25, 0.3) is 0 Å². The lowest BCUT2D eigenvalue weighted by Crippen LogP contribution is -2.14. The lowest BCUT2D eigenvalue weighted by molar-refractivity contribution is 0.627. The van der Waals surface area contributed by atoms with E-state index in [4.69, 9.17) is 0 Å². The monoisotopic (exact) mass is 262 g/mol. The summed E-state index contributed by atoms with van der Waals surface area (Å²) in [6, 6.07) is 5.75. The summed E-state index contributed by atoms with van der Waals surface area (Å²) in [5.41, 5.74) is 1.80. The number of nitrogens with zero attached hydrogens (tertiary/aromatic N) is 1. The largest absolute Gasteiger partial charge is 0.309 e. The fourth-order valence-electron chi connectivity index (χ4n) is 1.91. The van der Waals surface area contributed by atoms with Gasteiger partial charge in [-0.2, -0.15) is 0 Å². The van der Waals surface area contributed by atoms with Gasteiger partial charge in [0.2, 0.25) is 0 Å². The van der Waals surface area contributed by atoms with Crippen molar-refractivity contribution < 1.29 is 4.39 Å². The second-order valence-electron chi connectivity index (χ2n) is 4.80. The van der Waals surface area contributed by atoms with Crippen LogP contribution in [-0.2, 0) is 6.54 Å². The Bertz CT molecular complexity index is 540. The molecular weight excluding hydrogens is 247 g/mol. The normalized spacial score (nSPS) is 15.0. The van der Waals surface area contributed by atoms with Crippen molar-refractivity contribution in [2.75, 3.05) is 0 Å². The summed E-state index contributed by atoms with van der Waals surface area (Å²) in [5.74, 6) is -0.196. The molecule has 1 aliphatic carbocycles. The van der Waals surface area contributed by atoms with E-state index in [1.54, 1.807) is 17.4 Å². The average Bonchev–Trinajstić information content (AvgIpc) is 3.02. The number of hydrogen-bond donors (Lipinski definition) is 1. The Morgan fingerprint density at radius 2 is 2.22 bits per heavy atom. The highest BCUT2D eigenvalue weighted by molar-refractivity contribution is 7.15. The molecule has 0 unspecified atom stereocenters. The van der Waals surface area contributed by atoms with Gasteiger partial charge in [-0.1, -0.05) is 0 Å². The molecule has 0 aliphatic heterocycles. The van der Waals surface area contributed by atoms with Crippen LogP contribution in [0.15, 0.2) is 24.4 Å². The summed E-state index contributed by atoms with van der Waals surface area (Å²) in [6.45, 7) is 2.77. The molecule has 2 nitrogen and oxygen atoms in total. The van der Waals surface area contributed by atoms with Gasteiger partial charge in [0, 0.05) is 29.2 Å². The minimum Gasteiger partial charge on any atom is -0.309 e. The van der Waals surface area contributed by atoms with E-state index in [0.717, 1.165) is 22.7 Å². The number of hydrogen-bond acceptors (Lipinski definition) is 3. The van der Waals surface area contributed by atoms with Gasteiger partial charge >= 0.3 is 0 Å². The van der Waals surface area contributed by atoms with Gasteiger partial charge < -0.3 is 5.32 Å². The highest BCUT2D eigenvalue weighted by Crippen LogP contribution is 2.27. The van der Waals surface area contributed by atoms with Crippen LogP contribution in [0.5, 0.6) is 0 Å². The maximum absolute atomic E-state index is 13.3. The van der Waals surface area contributed by atoms with Gasteiger partial charge in [0.1, 0.15) is 10.8 Å². The van der Waals surface area contributed by atoms with Crippen molar-refractivity contribution in [1.29, 1.82) is 0 Å². The Kier molecular flexibility index (Phi) is 3.14. The molecule has 1 fully saturated rings. The lowest BCUT2D eigenvalue weighted by atomic mass is 10.1. The van der Waals surface area contributed by atoms with E-state index in [1.807, 2.05) is 19.2 Å². The van der Waals surface area contributed by atoms with E-state index in [2.05, 4.69) is 10.3 Å². The van der Waals surface area contributed by atoms with E-state index in [0.29, 0.717) is 6.04 Å². The third kappa shape index (κ3) is 2.76. The molecule has 0 bridgehead atoms. The lowest BCUT2D eigenvalue weighted by Gasteiger charge is -1.99. The zero-order valence-corrected chi connectivity index (χ0v) is 11.1. The van der Waals surface area contributed by atoms with Gasteiger partial charge in [-0.15, -0.1) is 11.3 Å². The number of nitrogens with one attached hydrogen (secondary N) is 1. The molecule has 1 heterocycles. The van der Waals surface area contributed by atoms with E-state index < -0.39 is 0 Å². The first kappa shape index (κ1) is 11.8. The first-order valence-electron chi connectivity index (χ1n) is 6.16. The van der Waals surface area contributed by atoms with Crippen molar-refractivity contribution in [2.45, 2.75) is 32.4 Å². The Balaban J connectivity index is 1.78. The van der Waals surface area contributed by atoms with E-state index >= 15 is 0 Å². The van der Waals surface area contributed by atoms with Gasteiger partial charge in [-0.05, 0) is 43.5 Å². The number of rotatable bonds is 4. The van der Waals surface area contributed by atoms with Crippen molar-refractivity contribution >= 4 is 11.3 Å². The minimum absolute atomic E-state index is 0.196. The van der Waals surface area contributed by atoms with Crippen LogP contribution in [0.3, 0.4) is 0 Å². The molecule has 2 aromatic rings. The third-order valence-corrected chi connectivity index (χ3v) is 4.03. The molecule has 3 rings (SSSR count). The maximum Gasteiger partial charge on any atom is 0.124 e. The fourth-order valence-corrected chi connectivity index (χ4v) is 2.77. The maximum atomic E-state index is 13.3. The molecular formula is C14H15FN2S. The fraction of sp³-hybridized carbons (Fsp3) is 0.357. The highest BCUT2D eigenvalue weighted by atomic mass is 32.1. The molecule has 1 aromatic carbocycles. The molecule has 0 atom stereocenters. The van der Waals surface area contributed by atoms with Gasteiger partial charge in [0.15, 0.2) is 0 Å². The number of benzene rings is 1.